The van der Waals surface area contributed by atoms with Gasteiger partial charge in [0.1, 0.15) is 5.69 Å². The van der Waals surface area contributed by atoms with Crippen molar-refractivity contribution in [1.82, 2.24) is 5.16 Å². The van der Waals surface area contributed by atoms with E-state index in [9.17, 15) is 0 Å². The first kappa shape index (κ1) is 9.15. The third-order valence-corrected chi connectivity index (χ3v) is 2.34. The van der Waals surface area contributed by atoms with Crippen molar-refractivity contribution in [3.05, 3.63) is 23.1 Å². The van der Waals surface area contributed by atoms with Crippen LogP contribution in [0, 0.1) is 0 Å². The van der Waals surface area contributed by atoms with Gasteiger partial charge in [0.15, 0.2) is 0 Å². The van der Waals surface area contributed by atoms with E-state index >= 15 is 0 Å². The van der Waals surface area contributed by atoms with Gasteiger partial charge in [0.25, 0.3) is 0 Å². The molecule has 0 aliphatic carbocycles. The molecule has 0 spiro atoms. The van der Waals surface area contributed by atoms with Crippen molar-refractivity contribution in [2.75, 3.05) is 5.73 Å². The summed E-state index contributed by atoms with van der Waals surface area (Å²) in [6.07, 6.45) is 2.24. The molecule has 0 bridgehead atoms. The van der Waals surface area contributed by atoms with Gasteiger partial charge in [0, 0.05) is 5.56 Å². The van der Waals surface area contributed by atoms with E-state index in [4.69, 9.17) is 26.3 Å². The number of anilines is 1. The monoisotopic (exact) mass is 212 g/mol. The minimum atomic E-state index is 0.299. The SMILES string of the molecule is CCc1c(-c2ccoc2Cl)noc1N. The molecule has 0 saturated heterocycles. The number of rotatable bonds is 2. The fourth-order valence-corrected chi connectivity index (χ4v) is 1.54. The topological polar surface area (TPSA) is 65.2 Å². The van der Waals surface area contributed by atoms with E-state index in [1.807, 2.05) is 6.92 Å². The molecule has 0 fully saturated rings. The van der Waals surface area contributed by atoms with Crippen molar-refractivity contribution in [2.24, 2.45) is 0 Å². The zero-order valence-electron chi connectivity index (χ0n) is 7.58. The van der Waals surface area contributed by atoms with E-state index in [0.29, 0.717) is 22.4 Å². The maximum absolute atomic E-state index is 5.82. The molecule has 0 radical (unpaired) electrons. The van der Waals surface area contributed by atoms with Gasteiger partial charge >= 0.3 is 0 Å². The van der Waals surface area contributed by atoms with Crippen LogP contribution in [-0.4, -0.2) is 5.16 Å². The van der Waals surface area contributed by atoms with Crippen LogP contribution in [0.2, 0.25) is 5.22 Å². The van der Waals surface area contributed by atoms with Crippen LogP contribution in [0.1, 0.15) is 12.5 Å². The molecule has 0 unspecified atom stereocenters. The third kappa shape index (κ3) is 1.28. The fourth-order valence-electron chi connectivity index (χ4n) is 1.34. The van der Waals surface area contributed by atoms with Gasteiger partial charge in [-0.2, -0.15) is 0 Å². The molecular weight excluding hydrogens is 204 g/mol. The van der Waals surface area contributed by atoms with Gasteiger partial charge < -0.3 is 14.7 Å². The van der Waals surface area contributed by atoms with Crippen molar-refractivity contribution in [1.29, 1.82) is 0 Å². The largest absolute Gasteiger partial charge is 0.452 e. The summed E-state index contributed by atoms with van der Waals surface area (Å²) in [6, 6.07) is 1.73. The second-order valence-electron chi connectivity index (χ2n) is 2.84. The first-order valence-corrected chi connectivity index (χ1v) is 4.59. The van der Waals surface area contributed by atoms with Gasteiger partial charge in [-0.05, 0) is 24.1 Å². The van der Waals surface area contributed by atoms with E-state index in [1.54, 1.807) is 6.07 Å². The molecule has 0 aliphatic heterocycles. The lowest BCUT2D eigenvalue weighted by Gasteiger charge is -1.95. The molecule has 5 heteroatoms. The fraction of sp³-hybridized carbons (Fsp3) is 0.222. The summed E-state index contributed by atoms with van der Waals surface area (Å²) in [6.45, 7) is 1.97. The zero-order valence-corrected chi connectivity index (χ0v) is 8.34. The Bertz CT molecular complexity index is 447. The predicted octanol–water partition coefficient (Wildman–Crippen LogP) is 2.73. The second kappa shape index (κ2) is 3.38. The van der Waals surface area contributed by atoms with Crippen LogP contribution in [0.25, 0.3) is 11.3 Å². The van der Waals surface area contributed by atoms with E-state index in [0.717, 1.165) is 12.0 Å². The highest BCUT2D eigenvalue weighted by molar-refractivity contribution is 6.31. The minimum Gasteiger partial charge on any atom is -0.452 e. The average Bonchev–Trinajstić information content (AvgIpc) is 2.71. The van der Waals surface area contributed by atoms with Crippen LogP contribution in [0.5, 0.6) is 0 Å². The summed E-state index contributed by atoms with van der Waals surface area (Å²) in [5.41, 5.74) is 7.83. The molecule has 2 aromatic heterocycles. The summed E-state index contributed by atoms with van der Waals surface area (Å²) in [7, 11) is 0. The maximum atomic E-state index is 5.82. The predicted molar refractivity (Wildman–Crippen MR) is 53.0 cm³/mol. The normalized spacial score (nSPS) is 10.7. The van der Waals surface area contributed by atoms with Gasteiger partial charge in [0.2, 0.25) is 11.1 Å². The smallest absolute Gasteiger partial charge is 0.225 e. The number of nitrogens with two attached hydrogens (primary N) is 1. The van der Waals surface area contributed by atoms with Crippen molar-refractivity contribution < 1.29 is 8.94 Å². The van der Waals surface area contributed by atoms with E-state index in [2.05, 4.69) is 5.16 Å². The van der Waals surface area contributed by atoms with Crippen LogP contribution in [-0.2, 0) is 6.42 Å². The number of halogens is 1. The summed E-state index contributed by atoms with van der Waals surface area (Å²) < 4.78 is 9.86. The number of nitrogen functional groups attached to an aromatic ring is 1. The molecule has 2 heterocycles. The van der Waals surface area contributed by atoms with Gasteiger partial charge in [0.05, 0.1) is 11.8 Å². The number of aromatic nitrogens is 1. The van der Waals surface area contributed by atoms with Gasteiger partial charge in [-0.1, -0.05) is 12.1 Å². The van der Waals surface area contributed by atoms with Gasteiger partial charge in [-0.3, -0.25) is 0 Å². The first-order valence-electron chi connectivity index (χ1n) is 4.21. The van der Waals surface area contributed by atoms with E-state index in [-0.39, 0.29) is 0 Å². The Kier molecular flexibility index (Phi) is 2.21. The molecule has 4 nitrogen and oxygen atoms in total. The number of nitrogens with zero attached hydrogens (tertiary/aromatic N) is 1. The van der Waals surface area contributed by atoms with E-state index in [1.165, 1.54) is 6.26 Å². The van der Waals surface area contributed by atoms with Crippen molar-refractivity contribution in [3.63, 3.8) is 0 Å². The molecular formula is C9H9ClN2O2. The molecule has 0 aliphatic rings. The third-order valence-electron chi connectivity index (χ3n) is 2.05. The Morgan fingerprint density at radius 3 is 2.93 bits per heavy atom. The maximum Gasteiger partial charge on any atom is 0.225 e. The molecule has 0 atom stereocenters. The van der Waals surface area contributed by atoms with Gasteiger partial charge in [-0.15, -0.1) is 0 Å². The van der Waals surface area contributed by atoms with Crippen LogP contribution in [0.15, 0.2) is 21.3 Å². The number of hydrogen-bond donors (Lipinski definition) is 1. The molecule has 2 rings (SSSR count). The molecule has 0 amide bonds. The van der Waals surface area contributed by atoms with Crippen molar-refractivity contribution in [3.8, 4) is 11.3 Å². The highest BCUT2D eigenvalue weighted by atomic mass is 35.5. The molecule has 0 saturated carbocycles. The minimum absolute atomic E-state index is 0.299. The lowest BCUT2D eigenvalue weighted by atomic mass is 10.1. The standard InChI is InChI=1S/C9H9ClN2O2/c1-2-5-7(12-14-9(5)11)6-3-4-13-8(6)10/h3-4H,2,11H2,1H3. The van der Waals surface area contributed by atoms with E-state index < -0.39 is 0 Å². The lowest BCUT2D eigenvalue weighted by molar-refractivity contribution is 0.438. The Hall–Kier alpha value is -1.42. The summed E-state index contributed by atoms with van der Waals surface area (Å²) in [5.74, 6) is 0.333. The lowest BCUT2D eigenvalue weighted by Crippen LogP contribution is -1.89. The summed E-state index contributed by atoms with van der Waals surface area (Å²) in [5, 5.41) is 4.14. The molecule has 14 heavy (non-hydrogen) atoms. The molecule has 2 aromatic rings. The second-order valence-corrected chi connectivity index (χ2v) is 3.18. The number of hydrogen-bond acceptors (Lipinski definition) is 4. The Labute approximate surface area is 85.6 Å². The van der Waals surface area contributed by atoms with Crippen LogP contribution < -0.4 is 5.73 Å². The van der Waals surface area contributed by atoms with Crippen molar-refractivity contribution in [2.45, 2.75) is 13.3 Å². The molecule has 0 aromatic carbocycles. The number of furan rings is 1. The highest BCUT2D eigenvalue weighted by Gasteiger charge is 2.17. The van der Waals surface area contributed by atoms with Crippen LogP contribution >= 0.6 is 11.6 Å². The van der Waals surface area contributed by atoms with Gasteiger partial charge in [-0.25, -0.2) is 0 Å². The Balaban J connectivity index is 2.57. The Morgan fingerprint density at radius 1 is 1.57 bits per heavy atom. The van der Waals surface area contributed by atoms with Crippen LogP contribution in [0.3, 0.4) is 0 Å². The quantitative estimate of drug-likeness (QED) is 0.831. The first-order chi connectivity index (χ1) is 6.74. The summed E-state index contributed by atoms with van der Waals surface area (Å²) >= 11 is 5.82. The average molecular weight is 213 g/mol. The van der Waals surface area contributed by atoms with Crippen molar-refractivity contribution >= 4 is 17.5 Å². The highest BCUT2D eigenvalue weighted by Crippen LogP contribution is 2.33. The van der Waals surface area contributed by atoms with Crippen LogP contribution in [0.4, 0.5) is 5.88 Å². The summed E-state index contributed by atoms with van der Waals surface area (Å²) in [4.78, 5) is 0. The molecule has 2 N–H and O–H groups in total. The molecule has 74 valence electrons. The Morgan fingerprint density at radius 2 is 2.36 bits per heavy atom. The zero-order chi connectivity index (χ0) is 10.1.